The molecular formula is C11H20NO3+. The molecule has 1 heterocycles. The van der Waals surface area contributed by atoms with E-state index in [0.717, 1.165) is 13.1 Å². The monoisotopic (exact) mass is 214 g/mol. The first kappa shape index (κ1) is 11.1. The maximum absolute atomic E-state index is 9.88. The van der Waals surface area contributed by atoms with Gasteiger partial charge in [-0.15, -0.1) is 0 Å². The molecule has 0 radical (unpaired) electrons. The Morgan fingerprint density at radius 1 is 0.867 bits per heavy atom. The summed E-state index contributed by atoms with van der Waals surface area (Å²) in [4.78, 5) is 1.33. The molecule has 86 valence electrons. The van der Waals surface area contributed by atoms with Crippen molar-refractivity contribution in [3.8, 4) is 0 Å². The van der Waals surface area contributed by atoms with Gasteiger partial charge in [0.1, 0.15) is 24.4 Å². The number of aliphatic hydroxyl groups is 3. The number of hydrogen-bond donors (Lipinski definition) is 4. The number of hydrogen-bond acceptors (Lipinski definition) is 3. The Morgan fingerprint density at radius 2 is 1.53 bits per heavy atom. The average Bonchev–Trinajstić information content (AvgIpc) is 2.27. The van der Waals surface area contributed by atoms with Crippen LogP contribution in [0.5, 0.6) is 0 Å². The molecule has 2 aliphatic rings. The minimum Gasteiger partial charge on any atom is -0.387 e. The molecule has 4 atom stereocenters. The first-order valence-corrected chi connectivity index (χ1v) is 5.77. The van der Waals surface area contributed by atoms with Crippen LogP contribution < -0.4 is 4.90 Å². The quantitative estimate of drug-likeness (QED) is 0.385. The van der Waals surface area contributed by atoms with Crippen molar-refractivity contribution < 1.29 is 20.2 Å². The second-order valence-electron chi connectivity index (χ2n) is 4.60. The second-order valence-corrected chi connectivity index (χ2v) is 4.60. The Morgan fingerprint density at radius 3 is 2.20 bits per heavy atom. The highest BCUT2D eigenvalue weighted by atomic mass is 16.4. The molecule has 1 fully saturated rings. The Balaban J connectivity index is 2.04. The maximum Gasteiger partial charge on any atom is 0.138 e. The Labute approximate surface area is 89.8 Å². The van der Waals surface area contributed by atoms with Gasteiger partial charge < -0.3 is 20.2 Å². The molecule has 1 saturated heterocycles. The highest BCUT2D eigenvalue weighted by molar-refractivity contribution is 5.07. The summed E-state index contributed by atoms with van der Waals surface area (Å²) in [6, 6.07) is -0.0521. The van der Waals surface area contributed by atoms with Crippen molar-refractivity contribution in [1.29, 1.82) is 0 Å². The van der Waals surface area contributed by atoms with Crippen LogP contribution in [0.2, 0.25) is 0 Å². The molecule has 1 aliphatic carbocycles. The molecule has 2 rings (SSSR count). The lowest BCUT2D eigenvalue weighted by molar-refractivity contribution is -0.927. The third-order valence-electron chi connectivity index (χ3n) is 3.55. The summed E-state index contributed by atoms with van der Waals surface area (Å²) in [5.74, 6) is 0. The summed E-state index contributed by atoms with van der Waals surface area (Å²) in [5, 5.41) is 28.8. The summed E-state index contributed by atoms with van der Waals surface area (Å²) in [6.07, 6.45) is 4.30. The van der Waals surface area contributed by atoms with E-state index >= 15 is 0 Å². The molecule has 4 N–H and O–H groups in total. The van der Waals surface area contributed by atoms with E-state index in [4.69, 9.17) is 0 Å². The fourth-order valence-corrected chi connectivity index (χ4v) is 2.59. The fraction of sp³-hybridized carbons (Fsp3) is 0.818. The molecule has 0 bridgehead atoms. The molecule has 0 aromatic rings. The smallest absolute Gasteiger partial charge is 0.138 e. The first-order chi connectivity index (χ1) is 7.20. The number of likely N-dealkylation sites (tertiary alicyclic amines) is 1. The van der Waals surface area contributed by atoms with Gasteiger partial charge in [-0.25, -0.2) is 0 Å². The average molecular weight is 214 g/mol. The zero-order valence-electron chi connectivity index (χ0n) is 8.84. The van der Waals surface area contributed by atoms with Crippen LogP contribution in [0.1, 0.15) is 19.3 Å². The topological polar surface area (TPSA) is 65.1 Å². The lowest BCUT2D eigenvalue weighted by atomic mass is 9.92. The molecule has 4 heteroatoms. The van der Waals surface area contributed by atoms with Gasteiger partial charge in [0.2, 0.25) is 0 Å². The zero-order chi connectivity index (χ0) is 10.8. The van der Waals surface area contributed by atoms with Crippen LogP contribution in [0.3, 0.4) is 0 Å². The highest BCUT2D eigenvalue weighted by Crippen LogP contribution is 2.12. The van der Waals surface area contributed by atoms with E-state index in [0.29, 0.717) is 0 Å². The van der Waals surface area contributed by atoms with Gasteiger partial charge in [0.15, 0.2) is 0 Å². The molecular weight excluding hydrogens is 194 g/mol. The predicted molar refractivity (Wildman–Crippen MR) is 55.5 cm³/mol. The molecule has 3 unspecified atom stereocenters. The molecule has 0 amide bonds. The van der Waals surface area contributed by atoms with Crippen LogP contribution in [0, 0.1) is 0 Å². The van der Waals surface area contributed by atoms with Crippen LogP contribution in [-0.2, 0) is 0 Å². The van der Waals surface area contributed by atoms with Crippen molar-refractivity contribution in [2.24, 2.45) is 0 Å². The molecule has 0 aromatic heterocycles. The third kappa shape index (κ3) is 2.23. The Bertz CT molecular complexity index is 238. The lowest BCUT2D eigenvalue weighted by Gasteiger charge is -2.37. The minimum atomic E-state index is -1.03. The zero-order valence-corrected chi connectivity index (χ0v) is 8.84. The number of rotatable bonds is 1. The Hall–Kier alpha value is -0.420. The summed E-state index contributed by atoms with van der Waals surface area (Å²) >= 11 is 0. The van der Waals surface area contributed by atoms with Crippen molar-refractivity contribution in [3.63, 3.8) is 0 Å². The second kappa shape index (κ2) is 4.61. The van der Waals surface area contributed by atoms with E-state index in [1.165, 1.54) is 24.2 Å². The first-order valence-electron chi connectivity index (χ1n) is 5.77. The standard InChI is InChI=1S/C11H19NO3/c13-9-5-4-8(10(14)11(9)15)12-6-2-1-3-7-12/h4-5,8-11,13-15H,1-3,6-7H2/p+1/t8?,9?,10?,11-/m0/s1. The molecule has 15 heavy (non-hydrogen) atoms. The van der Waals surface area contributed by atoms with Gasteiger partial charge in [-0.2, -0.15) is 0 Å². The van der Waals surface area contributed by atoms with Gasteiger partial charge in [-0.3, -0.25) is 0 Å². The van der Waals surface area contributed by atoms with E-state index in [-0.39, 0.29) is 6.04 Å². The van der Waals surface area contributed by atoms with Crippen molar-refractivity contribution >= 4 is 0 Å². The number of aliphatic hydroxyl groups excluding tert-OH is 3. The summed E-state index contributed by atoms with van der Waals surface area (Å²) < 4.78 is 0. The van der Waals surface area contributed by atoms with Crippen molar-refractivity contribution in [1.82, 2.24) is 0 Å². The van der Waals surface area contributed by atoms with Crippen molar-refractivity contribution in [3.05, 3.63) is 12.2 Å². The predicted octanol–water partition coefficient (Wildman–Crippen LogP) is -1.92. The van der Waals surface area contributed by atoms with Crippen molar-refractivity contribution in [2.75, 3.05) is 13.1 Å². The van der Waals surface area contributed by atoms with Crippen LogP contribution in [0.4, 0.5) is 0 Å². The summed E-state index contributed by atoms with van der Waals surface area (Å²) in [5.41, 5.74) is 0. The van der Waals surface area contributed by atoms with Crippen LogP contribution in [0.25, 0.3) is 0 Å². The SMILES string of the molecule is OC1C=CC([NH+]2CCCCC2)C(O)[C@H]1O. The van der Waals surface area contributed by atoms with E-state index in [1.807, 2.05) is 6.08 Å². The van der Waals surface area contributed by atoms with Gasteiger partial charge >= 0.3 is 0 Å². The molecule has 1 aliphatic heterocycles. The molecule has 0 saturated carbocycles. The van der Waals surface area contributed by atoms with Gasteiger partial charge in [-0.1, -0.05) is 6.08 Å². The highest BCUT2D eigenvalue weighted by Gasteiger charge is 2.38. The van der Waals surface area contributed by atoms with Gasteiger partial charge in [0.05, 0.1) is 13.1 Å². The van der Waals surface area contributed by atoms with Gasteiger partial charge in [-0.05, 0) is 25.3 Å². The van der Waals surface area contributed by atoms with Gasteiger partial charge in [0.25, 0.3) is 0 Å². The fourth-order valence-electron chi connectivity index (χ4n) is 2.59. The lowest BCUT2D eigenvalue weighted by Crippen LogP contribution is -3.18. The van der Waals surface area contributed by atoms with Crippen LogP contribution >= 0.6 is 0 Å². The van der Waals surface area contributed by atoms with E-state index in [1.54, 1.807) is 6.08 Å². The normalized spacial score (nSPS) is 43.1. The number of piperidine rings is 1. The Kier molecular flexibility index (Phi) is 3.41. The third-order valence-corrected chi connectivity index (χ3v) is 3.55. The number of nitrogens with one attached hydrogen (secondary N) is 1. The molecule has 0 aromatic carbocycles. The largest absolute Gasteiger partial charge is 0.387 e. The molecule has 4 nitrogen and oxygen atoms in total. The van der Waals surface area contributed by atoms with Crippen LogP contribution in [0.15, 0.2) is 12.2 Å². The van der Waals surface area contributed by atoms with Gasteiger partial charge in [0, 0.05) is 0 Å². The van der Waals surface area contributed by atoms with E-state index < -0.39 is 18.3 Å². The summed E-state index contributed by atoms with van der Waals surface area (Å²) in [7, 11) is 0. The van der Waals surface area contributed by atoms with E-state index in [9.17, 15) is 15.3 Å². The van der Waals surface area contributed by atoms with Crippen molar-refractivity contribution in [2.45, 2.75) is 43.6 Å². The molecule has 0 spiro atoms. The van der Waals surface area contributed by atoms with Crippen LogP contribution in [-0.4, -0.2) is 52.8 Å². The maximum atomic E-state index is 9.88. The van der Waals surface area contributed by atoms with E-state index in [2.05, 4.69) is 0 Å². The number of quaternary nitrogens is 1. The summed E-state index contributed by atoms with van der Waals surface area (Å²) in [6.45, 7) is 2.10. The minimum absolute atomic E-state index is 0.0521.